The van der Waals surface area contributed by atoms with Gasteiger partial charge >= 0.3 is 0 Å². The zero-order chi connectivity index (χ0) is 12.3. The van der Waals surface area contributed by atoms with E-state index in [1.807, 2.05) is 0 Å². The lowest BCUT2D eigenvalue weighted by atomic mass is 9.94. The second kappa shape index (κ2) is 9.90. The highest BCUT2D eigenvalue weighted by molar-refractivity contribution is 4.75. The van der Waals surface area contributed by atoms with Gasteiger partial charge in [-0.2, -0.15) is 0 Å². The van der Waals surface area contributed by atoms with Gasteiger partial charge in [0.1, 0.15) is 0 Å². The van der Waals surface area contributed by atoms with Gasteiger partial charge in [0.2, 0.25) is 0 Å². The molecule has 0 saturated heterocycles. The summed E-state index contributed by atoms with van der Waals surface area (Å²) in [5.74, 6) is 0. The molecule has 102 valence electrons. The number of unbranched alkanes of at least 4 members (excludes halogenated alkanes) is 1. The van der Waals surface area contributed by atoms with E-state index in [2.05, 4.69) is 24.1 Å². The van der Waals surface area contributed by atoms with E-state index in [1.54, 1.807) is 0 Å². The summed E-state index contributed by atoms with van der Waals surface area (Å²) < 4.78 is 0. The largest absolute Gasteiger partial charge is 0.317 e. The van der Waals surface area contributed by atoms with Gasteiger partial charge < -0.3 is 10.2 Å². The summed E-state index contributed by atoms with van der Waals surface area (Å²) in [7, 11) is 0. The van der Waals surface area contributed by atoms with E-state index in [0.29, 0.717) is 0 Å². The average Bonchev–Trinajstić information content (AvgIpc) is 2.39. The third-order valence-electron chi connectivity index (χ3n) is 3.97. The number of rotatable bonds is 9. The van der Waals surface area contributed by atoms with Gasteiger partial charge in [0.15, 0.2) is 0 Å². The van der Waals surface area contributed by atoms with Crippen LogP contribution in [-0.4, -0.2) is 37.1 Å². The molecule has 0 aromatic carbocycles. The fourth-order valence-corrected chi connectivity index (χ4v) is 2.91. The van der Waals surface area contributed by atoms with Gasteiger partial charge in [-0.25, -0.2) is 0 Å². The van der Waals surface area contributed by atoms with Crippen molar-refractivity contribution in [2.24, 2.45) is 0 Å². The smallest absolute Gasteiger partial charge is 0.00951 e. The third-order valence-corrected chi connectivity index (χ3v) is 3.97. The highest BCUT2D eigenvalue weighted by Crippen LogP contribution is 2.22. The molecule has 0 atom stereocenters. The van der Waals surface area contributed by atoms with Gasteiger partial charge in [-0.05, 0) is 58.3 Å². The zero-order valence-corrected chi connectivity index (χ0v) is 12.0. The Balaban J connectivity index is 2.05. The van der Waals surface area contributed by atoms with Crippen molar-refractivity contribution in [3.63, 3.8) is 0 Å². The monoisotopic (exact) mass is 240 g/mol. The summed E-state index contributed by atoms with van der Waals surface area (Å²) in [6.07, 6.45) is 11.2. The molecule has 0 unspecified atom stereocenters. The first-order chi connectivity index (χ1) is 8.38. The van der Waals surface area contributed by atoms with Gasteiger partial charge in [-0.1, -0.05) is 33.1 Å². The molecule has 0 aliphatic heterocycles. The van der Waals surface area contributed by atoms with Crippen LogP contribution in [0.3, 0.4) is 0 Å². The van der Waals surface area contributed by atoms with Crippen LogP contribution in [0, 0.1) is 0 Å². The number of nitrogens with one attached hydrogen (secondary N) is 1. The fourth-order valence-electron chi connectivity index (χ4n) is 2.91. The quantitative estimate of drug-likeness (QED) is 0.621. The molecule has 0 aromatic heterocycles. The van der Waals surface area contributed by atoms with E-state index < -0.39 is 0 Å². The van der Waals surface area contributed by atoms with Crippen molar-refractivity contribution >= 4 is 0 Å². The van der Waals surface area contributed by atoms with E-state index in [4.69, 9.17) is 0 Å². The lowest BCUT2D eigenvalue weighted by Crippen LogP contribution is -2.37. The van der Waals surface area contributed by atoms with E-state index in [1.165, 1.54) is 77.5 Å². The zero-order valence-electron chi connectivity index (χ0n) is 12.0. The standard InChI is InChI=1S/C15H32N2/c1-3-12-16-13-8-9-14-17(4-2)15-10-6-5-7-11-15/h15-16H,3-14H2,1-2H3. The number of nitrogens with zero attached hydrogens (tertiary/aromatic N) is 1. The molecular formula is C15H32N2. The van der Waals surface area contributed by atoms with Crippen LogP contribution in [0.1, 0.15) is 65.2 Å². The molecular weight excluding hydrogens is 208 g/mol. The summed E-state index contributed by atoms with van der Waals surface area (Å²) in [5, 5.41) is 3.49. The lowest BCUT2D eigenvalue weighted by Gasteiger charge is -2.33. The predicted molar refractivity (Wildman–Crippen MR) is 76.5 cm³/mol. The Labute approximate surface area is 108 Å². The Kier molecular flexibility index (Phi) is 8.72. The van der Waals surface area contributed by atoms with E-state index in [0.717, 1.165) is 6.04 Å². The molecule has 0 radical (unpaired) electrons. The second-order valence-electron chi connectivity index (χ2n) is 5.38. The molecule has 2 nitrogen and oxygen atoms in total. The molecule has 1 saturated carbocycles. The van der Waals surface area contributed by atoms with Crippen LogP contribution in [0.15, 0.2) is 0 Å². The first-order valence-electron chi connectivity index (χ1n) is 7.83. The van der Waals surface area contributed by atoms with Crippen molar-refractivity contribution in [2.45, 2.75) is 71.3 Å². The van der Waals surface area contributed by atoms with Crippen LogP contribution in [0.4, 0.5) is 0 Å². The van der Waals surface area contributed by atoms with Gasteiger partial charge in [0.05, 0.1) is 0 Å². The van der Waals surface area contributed by atoms with Crippen molar-refractivity contribution in [1.82, 2.24) is 10.2 Å². The van der Waals surface area contributed by atoms with Crippen molar-refractivity contribution in [1.29, 1.82) is 0 Å². The van der Waals surface area contributed by atoms with E-state index in [9.17, 15) is 0 Å². The summed E-state index contributed by atoms with van der Waals surface area (Å²) >= 11 is 0. The Morgan fingerprint density at radius 3 is 2.41 bits per heavy atom. The highest BCUT2D eigenvalue weighted by Gasteiger charge is 2.18. The molecule has 0 amide bonds. The van der Waals surface area contributed by atoms with E-state index >= 15 is 0 Å². The molecule has 1 N–H and O–H groups in total. The summed E-state index contributed by atoms with van der Waals surface area (Å²) in [4.78, 5) is 2.72. The van der Waals surface area contributed by atoms with Crippen molar-refractivity contribution < 1.29 is 0 Å². The minimum Gasteiger partial charge on any atom is -0.317 e. The maximum Gasteiger partial charge on any atom is 0.00951 e. The fraction of sp³-hybridized carbons (Fsp3) is 1.00. The van der Waals surface area contributed by atoms with Crippen molar-refractivity contribution in [3.05, 3.63) is 0 Å². The van der Waals surface area contributed by atoms with Crippen LogP contribution >= 0.6 is 0 Å². The highest BCUT2D eigenvalue weighted by atomic mass is 15.1. The first kappa shape index (κ1) is 15.0. The minimum atomic E-state index is 0.900. The van der Waals surface area contributed by atoms with Gasteiger partial charge in [-0.15, -0.1) is 0 Å². The molecule has 1 rings (SSSR count). The average molecular weight is 240 g/mol. The topological polar surface area (TPSA) is 15.3 Å². The third kappa shape index (κ3) is 6.42. The van der Waals surface area contributed by atoms with Gasteiger partial charge in [0.25, 0.3) is 0 Å². The molecule has 2 heteroatoms. The molecule has 0 spiro atoms. The van der Waals surface area contributed by atoms with Crippen molar-refractivity contribution in [2.75, 3.05) is 26.2 Å². The Hall–Kier alpha value is -0.0800. The van der Waals surface area contributed by atoms with Crippen molar-refractivity contribution in [3.8, 4) is 0 Å². The molecule has 1 aliphatic carbocycles. The Bertz CT molecular complexity index is 164. The molecule has 1 aliphatic rings. The molecule has 0 heterocycles. The summed E-state index contributed by atoms with van der Waals surface area (Å²) in [5.41, 5.74) is 0. The number of hydrogen-bond acceptors (Lipinski definition) is 2. The maximum atomic E-state index is 3.49. The molecule has 1 fully saturated rings. The molecule has 0 bridgehead atoms. The van der Waals surface area contributed by atoms with Crippen LogP contribution in [-0.2, 0) is 0 Å². The van der Waals surface area contributed by atoms with E-state index in [-0.39, 0.29) is 0 Å². The minimum absolute atomic E-state index is 0.900. The predicted octanol–water partition coefficient (Wildman–Crippen LogP) is 3.42. The van der Waals surface area contributed by atoms with Crippen LogP contribution < -0.4 is 5.32 Å². The van der Waals surface area contributed by atoms with Crippen LogP contribution in [0.25, 0.3) is 0 Å². The Morgan fingerprint density at radius 2 is 1.76 bits per heavy atom. The molecule has 0 aromatic rings. The number of hydrogen-bond donors (Lipinski definition) is 1. The van der Waals surface area contributed by atoms with Crippen LogP contribution in [0.5, 0.6) is 0 Å². The SMILES string of the molecule is CCCNCCCCN(CC)C1CCCCC1. The van der Waals surface area contributed by atoms with Gasteiger partial charge in [0, 0.05) is 6.04 Å². The summed E-state index contributed by atoms with van der Waals surface area (Å²) in [6.45, 7) is 9.50. The normalized spacial score (nSPS) is 17.8. The molecule has 17 heavy (non-hydrogen) atoms. The maximum absolute atomic E-state index is 3.49. The first-order valence-corrected chi connectivity index (χ1v) is 7.83. The Morgan fingerprint density at radius 1 is 1.00 bits per heavy atom. The van der Waals surface area contributed by atoms with Crippen LogP contribution in [0.2, 0.25) is 0 Å². The summed E-state index contributed by atoms with van der Waals surface area (Å²) in [6, 6.07) is 0.900. The second-order valence-corrected chi connectivity index (χ2v) is 5.38. The lowest BCUT2D eigenvalue weighted by molar-refractivity contribution is 0.161. The van der Waals surface area contributed by atoms with Gasteiger partial charge in [-0.3, -0.25) is 0 Å².